The van der Waals surface area contributed by atoms with Crippen molar-refractivity contribution in [3.05, 3.63) is 76.3 Å². The molecule has 5 heteroatoms. The molecule has 3 aromatic rings. The van der Waals surface area contributed by atoms with E-state index in [1.807, 2.05) is 42.5 Å². The number of benzene rings is 3. The van der Waals surface area contributed by atoms with Crippen LogP contribution in [0, 0.1) is 0 Å². The van der Waals surface area contributed by atoms with Crippen LogP contribution in [-0.2, 0) is 4.79 Å². The molecule has 0 amide bonds. The molecule has 0 N–H and O–H groups in total. The summed E-state index contributed by atoms with van der Waals surface area (Å²) in [5.74, 6) is -1.42. The van der Waals surface area contributed by atoms with Gasteiger partial charge in [0.1, 0.15) is 0 Å². The summed E-state index contributed by atoms with van der Waals surface area (Å²) in [6, 6.07) is 18.3. The van der Waals surface area contributed by atoms with Gasteiger partial charge in [0.15, 0.2) is 5.75 Å². The van der Waals surface area contributed by atoms with Crippen LogP contribution in [0.15, 0.2) is 60.7 Å². The van der Waals surface area contributed by atoms with E-state index in [0.717, 1.165) is 10.8 Å². The van der Waals surface area contributed by atoms with Crippen molar-refractivity contribution in [2.24, 2.45) is 0 Å². The third-order valence-corrected chi connectivity index (χ3v) is 4.10. The number of hydrogen-bond acceptors (Lipinski definition) is 2. The standard InChI is InChI=1S/C18H11BCl2O2/c19-16(13-9-8-11-4-1-2-5-12(11)10-13)18(22)23-17-14(20)6-3-7-15(17)21/h1-10,16H/t16-/m1/s1. The molecule has 0 aromatic heterocycles. The summed E-state index contributed by atoms with van der Waals surface area (Å²) in [7, 11) is 6.02. The SMILES string of the molecule is [B][C@@H](C(=O)Oc1c(Cl)cccc1Cl)c1ccc2ccccc2c1. The summed E-state index contributed by atoms with van der Waals surface area (Å²) in [6.07, 6.45) is 0. The van der Waals surface area contributed by atoms with Gasteiger partial charge in [0.2, 0.25) is 0 Å². The normalized spacial score (nSPS) is 12.1. The molecule has 0 saturated carbocycles. The Labute approximate surface area is 145 Å². The first-order valence-corrected chi connectivity index (χ1v) is 7.72. The van der Waals surface area contributed by atoms with Gasteiger partial charge in [-0.15, -0.1) is 0 Å². The quantitative estimate of drug-likeness (QED) is 0.382. The molecule has 2 nitrogen and oxygen atoms in total. The van der Waals surface area contributed by atoms with E-state index in [1.54, 1.807) is 18.2 Å². The van der Waals surface area contributed by atoms with E-state index in [2.05, 4.69) is 0 Å². The second-order valence-electron chi connectivity index (χ2n) is 5.06. The molecule has 0 spiro atoms. The first-order chi connectivity index (χ1) is 11.1. The zero-order valence-electron chi connectivity index (χ0n) is 12.0. The first-order valence-electron chi connectivity index (χ1n) is 6.96. The average molecular weight is 341 g/mol. The molecular formula is C18H11BCl2O2. The lowest BCUT2D eigenvalue weighted by molar-refractivity contribution is -0.134. The van der Waals surface area contributed by atoms with Gasteiger partial charge in [0.25, 0.3) is 0 Å². The van der Waals surface area contributed by atoms with Gasteiger partial charge in [0, 0.05) is 5.82 Å². The molecule has 0 aliphatic heterocycles. The average Bonchev–Trinajstić information content (AvgIpc) is 2.57. The van der Waals surface area contributed by atoms with E-state index in [1.165, 1.54) is 0 Å². The molecule has 0 aliphatic carbocycles. The molecule has 1 atom stereocenters. The zero-order valence-corrected chi connectivity index (χ0v) is 13.5. The fourth-order valence-corrected chi connectivity index (χ4v) is 2.76. The number of para-hydroxylation sites is 1. The second kappa shape index (κ2) is 6.65. The minimum atomic E-state index is -0.924. The van der Waals surface area contributed by atoms with Crippen molar-refractivity contribution in [1.82, 2.24) is 0 Å². The molecule has 3 aromatic carbocycles. The van der Waals surface area contributed by atoms with Gasteiger partial charge in [-0.25, -0.2) is 0 Å². The Morgan fingerprint density at radius 2 is 1.57 bits per heavy atom. The number of carbonyl (C=O) groups is 1. The first kappa shape index (κ1) is 15.9. The van der Waals surface area contributed by atoms with E-state index in [9.17, 15) is 4.79 Å². The second-order valence-corrected chi connectivity index (χ2v) is 5.87. The Morgan fingerprint density at radius 3 is 2.26 bits per heavy atom. The molecule has 0 saturated heterocycles. The molecule has 23 heavy (non-hydrogen) atoms. The van der Waals surface area contributed by atoms with E-state index in [4.69, 9.17) is 35.8 Å². The Bertz CT molecular complexity index is 860. The minimum absolute atomic E-state index is 0.122. The van der Waals surface area contributed by atoms with Crippen LogP contribution in [0.3, 0.4) is 0 Å². The Hall–Kier alpha value is -1.97. The molecular weight excluding hydrogens is 330 g/mol. The van der Waals surface area contributed by atoms with E-state index < -0.39 is 11.8 Å². The number of hydrogen-bond donors (Lipinski definition) is 0. The topological polar surface area (TPSA) is 26.3 Å². The Balaban J connectivity index is 1.86. The molecule has 0 unspecified atom stereocenters. The lowest BCUT2D eigenvalue weighted by atomic mass is 9.80. The van der Waals surface area contributed by atoms with Crippen molar-refractivity contribution >= 4 is 47.8 Å². The number of fused-ring (bicyclic) bond motifs is 1. The summed E-state index contributed by atoms with van der Waals surface area (Å²) in [6.45, 7) is 0. The monoisotopic (exact) mass is 340 g/mol. The molecule has 0 fully saturated rings. The molecule has 2 radical (unpaired) electrons. The fourth-order valence-electron chi connectivity index (χ4n) is 2.28. The van der Waals surface area contributed by atoms with Crippen molar-refractivity contribution in [2.75, 3.05) is 0 Å². The summed E-state index contributed by atoms with van der Waals surface area (Å²) in [4.78, 5) is 12.3. The van der Waals surface area contributed by atoms with Gasteiger partial charge in [-0.2, -0.15) is 0 Å². The third-order valence-electron chi connectivity index (χ3n) is 3.51. The van der Waals surface area contributed by atoms with Crippen LogP contribution in [0.25, 0.3) is 10.8 Å². The molecule has 0 heterocycles. The van der Waals surface area contributed by atoms with Crippen molar-refractivity contribution in [3.63, 3.8) is 0 Å². The van der Waals surface area contributed by atoms with Gasteiger partial charge < -0.3 is 4.74 Å². The Kier molecular flexibility index (Phi) is 4.60. The predicted molar refractivity (Wildman–Crippen MR) is 94.5 cm³/mol. The van der Waals surface area contributed by atoms with E-state index in [0.29, 0.717) is 5.56 Å². The number of esters is 1. The number of rotatable bonds is 3. The van der Waals surface area contributed by atoms with Crippen LogP contribution >= 0.6 is 23.2 Å². The predicted octanol–water partition coefficient (Wildman–Crippen LogP) is 4.96. The maximum absolute atomic E-state index is 12.3. The van der Waals surface area contributed by atoms with Crippen LogP contribution in [0.4, 0.5) is 0 Å². The lowest BCUT2D eigenvalue weighted by Gasteiger charge is -2.14. The molecule has 3 rings (SSSR count). The zero-order chi connectivity index (χ0) is 16.4. The van der Waals surface area contributed by atoms with Crippen LogP contribution < -0.4 is 4.74 Å². The van der Waals surface area contributed by atoms with Crippen LogP contribution in [-0.4, -0.2) is 13.8 Å². The van der Waals surface area contributed by atoms with Gasteiger partial charge in [-0.3, -0.25) is 4.79 Å². The van der Waals surface area contributed by atoms with Crippen molar-refractivity contribution in [1.29, 1.82) is 0 Å². The fraction of sp³-hybridized carbons (Fsp3) is 0.0556. The van der Waals surface area contributed by atoms with E-state index in [-0.39, 0.29) is 15.8 Å². The number of carbonyl (C=O) groups excluding carboxylic acids is 1. The minimum Gasteiger partial charge on any atom is -0.423 e. The maximum Gasteiger partial charge on any atom is 0.309 e. The summed E-state index contributed by atoms with van der Waals surface area (Å²) in [5, 5.41) is 2.60. The highest BCUT2D eigenvalue weighted by Crippen LogP contribution is 2.33. The van der Waals surface area contributed by atoms with Crippen molar-refractivity contribution < 1.29 is 9.53 Å². The summed E-state index contributed by atoms with van der Waals surface area (Å²) < 4.78 is 5.28. The van der Waals surface area contributed by atoms with Gasteiger partial charge in [0.05, 0.1) is 17.9 Å². The summed E-state index contributed by atoms with van der Waals surface area (Å²) >= 11 is 12.0. The molecule has 0 aliphatic rings. The summed E-state index contributed by atoms with van der Waals surface area (Å²) in [5.41, 5.74) is 0.664. The largest absolute Gasteiger partial charge is 0.423 e. The Morgan fingerprint density at radius 1 is 0.913 bits per heavy atom. The molecule has 112 valence electrons. The highest BCUT2D eigenvalue weighted by molar-refractivity contribution is 6.37. The lowest BCUT2D eigenvalue weighted by Crippen LogP contribution is -2.19. The van der Waals surface area contributed by atoms with Crippen LogP contribution in [0.1, 0.15) is 11.4 Å². The highest BCUT2D eigenvalue weighted by Gasteiger charge is 2.20. The van der Waals surface area contributed by atoms with Gasteiger partial charge in [-0.05, 0) is 28.5 Å². The van der Waals surface area contributed by atoms with Crippen molar-refractivity contribution in [2.45, 2.75) is 5.82 Å². The maximum atomic E-state index is 12.3. The van der Waals surface area contributed by atoms with Crippen LogP contribution in [0.2, 0.25) is 10.0 Å². The van der Waals surface area contributed by atoms with Gasteiger partial charge >= 0.3 is 5.97 Å². The number of ether oxygens (including phenoxy) is 1. The van der Waals surface area contributed by atoms with Crippen LogP contribution in [0.5, 0.6) is 5.75 Å². The van der Waals surface area contributed by atoms with E-state index >= 15 is 0 Å². The number of halogens is 2. The third kappa shape index (κ3) is 3.36. The van der Waals surface area contributed by atoms with Crippen molar-refractivity contribution in [3.8, 4) is 5.75 Å². The molecule has 0 bridgehead atoms. The smallest absolute Gasteiger partial charge is 0.309 e. The highest BCUT2D eigenvalue weighted by atomic mass is 35.5. The van der Waals surface area contributed by atoms with Gasteiger partial charge in [-0.1, -0.05) is 71.7 Å².